The summed E-state index contributed by atoms with van der Waals surface area (Å²) in [5.74, 6) is -0.956. The molecule has 1 fully saturated rings. The number of benzene rings is 1. The highest BCUT2D eigenvalue weighted by Crippen LogP contribution is 2.21. The van der Waals surface area contributed by atoms with Gasteiger partial charge in [-0.3, -0.25) is 14.9 Å². The van der Waals surface area contributed by atoms with Gasteiger partial charge in [-0.1, -0.05) is 36.8 Å². The van der Waals surface area contributed by atoms with E-state index < -0.39 is 25.2 Å². The maximum Gasteiger partial charge on any atom is 0.373 e. The lowest BCUT2D eigenvalue weighted by Crippen LogP contribution is -2.54. The van der Waals surface area contributed by atoms with Crippen LogP contribution in [0.25, 0.3) is 0 Å². The van der Waals surface area contributed by atoms with Crippen molar-refractivity contribution in [3.63, 3.8) is 0 Å². The fraction of sp³-hybridized carbons (Fsp3) is 0.654. The van der Waals surface area contributed by atoms with E-state index in [0.29, 0.717) is 45.2 Å². The molecule has 36 heavy (non-hydrogen) atoms. The number of unbranched alkanes of at least 4 members (excludes halogenated alkanes) is 1. The molecular formula is C26H42BN3O6. The molecule has 0 aromatic heterocycles. The molecule has 0 spiro atoms. The molecule has 1 heterocycles. The summed E-state index contributed by atoms with van der Waals surface area (Å²) in [6, 6.07) is 7.99. The molecule has 3 N–H and O–H groups in total. The van der Waals surface area contributed by atoms with Crippen LogP contribution in [0.15, 0.2) is 30.3 Å². The zero-order valence-corrected chi connectivity index (χ0v) is 21.9. The van der Waals surface area contributed by atoms with Crippen molar-refractivity contribution in [1.29, 1.82) is 0 Å². The third-order valence-electron chi connectivity index (χ3n) is 6.29. The number of nitrogens with one attached hydrogen (secondary N) is 2. The van der Waals surface area contributed by atoms with Crippen LogP contribution in [-0.2, 0) is 30.3 Å². The number of hydrogen-bond donors (Lipinski definition) is 3. The van der Waals surface area contributed by atoms with Gasteiger partial charge in [-0.05, 0) is 71.3 Å². The average Bonchev–Trinajstić information content (AvgIpc) is 3.35. The summed E-state index contributed by atoms with van der Waals surface area (Å²) >= 11 is 0. The third kappa shape index (κ3) is 9.91. The van der Waals surface area contributed by atoms with E-state index in [0.717, 1.165) is 18.4 Å². The topological polar surface area (TPSA) is 117 Å². The van der Waals surface area contributed by atoms with Crippen LogP contribution in [-0.4, -0.2) is 79.2 Å². The van der Waals surface area contributed by atoms with Crippen LogP contribution in [0.2, 0.25) is 6.82 Å². The lowest BCUT2D eigenvalue weighted by Gasteiger charge is -2.30. The second-order valence-corrected chi connectivity index (χ2v) is 9.12. The number of nitrogens with zero attached hydrogens (tertiary/aromatic N) is 1. The molecule has 0 saturated carbocycles. The van der Waals surface area contributed by atoms with Crippen LogP contribution >= 0.6 is 0 Å². The van der Waals surface area contributed by atoms with E-state index in [1.807, 2.05) is 30.3 Å². The molecular weight excluding hydrogens is 461 g/mol. The van der Waals surface area contributed by atoms with Gasteiger partial charge >= 0.3 is 19.0 Å². The van der Waals surface area contributed by atoms with Gasteiger partial charge in [0.2, 0.25) is 5.91 Å². The number of likely N-dealkylation sites (tertiary alicyclic amines) is 1. The first kappa shape index (κ1) is 29.8. The maximum atomic E-state index is 13.7. The highest BCUT2D eigenvalue weighted by Gasteiger charge is 2.39. The molecule has 0 radical (unpaired) electrons. The Labute approximate surface area is 215 Å². The third-order valence-corrected chi connectivity index (χ3v) is 6.29. The van der Waals surface area contributed by atoms with E-state index in [1.54, 1.807) is 25.6 Å². The molecule has 3 atom stereocenters. The van der Waals surface area contributed by atoms with Crippen LogP contribution in [0.5, 0.6) is 0 Å². The van der Waals surface area contributed by atoms with Crippen LogP contribution in [0.4, 0.5) is 0 Å². The summed E-state index contributed by atoms with van der Waals surface area (Å²) < 4.78 is 10.5. The minimum Gasteiger partial charge on any atom is -0.465 e. The molecule has 200 valence electrons. The number of rotatable bonds is 16. The lowest BCUT2D eigenvalue weighted by atomic mass is 9.89. The first-order valence-electron chi connectivity index (χ1n) is 13.2. The number of esters is 2. The molecule has 0 aliphatic carbocycles. The predicted molar refractivity (Wildman–Crippen MR) is 139 cm³/mol. The number of hydrogen-bond acceptors (Lipinski definition) is 8. The van der Waals surface area contributed by atoms with Crippen molar-refractivity contribution in [3.05, 3.63) is 35.9 Å². The number of carbonyl (C=O) groups is 3. The molecule has 1 amide bonds. The summed E-state index contributed by atoms with van der Waals surface area (Å²) in [5.41, 5.74) is 1.10. The standard InChI is InChI=1S/C26H42BN3O6/c1-4-35-25(32)22(17-16-20-12-7-6-8-13-20)29-21(14-9-10-18-28-27(3)34)24(31)30-19-11-15-23(30)26(33)36-5-2/h6-8,12-13,21-23,28-29,34H,4-5,9-11,14-19H2,1-3H3. The van der Waals surface area contributed by atoms with E-state index in [1.165, 1.54) is 0 Å². The van der Waals surface area contributed by atoms with Crippen molar-refractivity contribution in [2.45, 2.75) is 83.7 Å². The molecule has 1 aliphatic rings. The minimum absolute atomic E-state index is 0.192. The molecule has 1 saturated heterocycles. The van der Waals surface area contributed by atoms with E-state index in [9.17, 15) is 19.4 Å². The Hall–Kier alpha value is -2.43. The molecule has 2 rings (SSSR count). The van der Waals surface area contributed by atoms with E-state index in [-0.39, 0.29) is 31.1 Å². The monoisotopic (exact) mass is 503 g/mol. The first-order valence-corrected chi connectivity index (χ1v) is 13.2. The molecule has 10 heteroatoms. The quantitative estimate of drug-likeness (QED) is 0.178. The molecule has 3 unspecified atom stereocenters. The zero-order valence-electron chi connectivity index (χ0n) is 21.9. The van der Waals surface area contributed by atoms with Crippen molar-refractivity contribution in [3.8, 4) is 0 Å². The second kappa shape index (κ2) is 16.3. The molecule has 0 bridgehead atoms. The largest absolute Gasteiger partial charge is 0.465 e. The zero-order chi connectivity index (χ0) is 26.3. The van der Waals surface area contributed by atoms with Gasteiger partial charge in [0.1, 0.15) is 12.1 Å². The van der Waals surface area contributed by atoms with Crippen molar-refractivity contribution in [1.82, 2.24) is 15.4 Å². The molecule has 1 aliphatic heterocycles. The first-order chi connectivity index (χ1) is 17.4. The van der Waals surface area contributed by atoms with Crippen LogP contribution in [0.3, 0.4) is 0 Å². The van der Waals surface area contributed by atoms with Crippen LogP contribution in [0, 0.1) is 0 Å². The van der Waals surface area contributed by atoms with Crippen molar-refractivity contribution >= 4 is 24.9 Å². The van der Waals surface area contributed by atoms with Crippen LogP contribution in [0.1, 0.15) is 57.9 Å². The number of ether oxygens (including phenoxy) is 2. The van der Waals surface area contributed by atoms with Crippen LogP contribution < -0.4 is 10.5 Å². The summed E-state index contributed by atoms with van der Waals surface area (Å²) in [4.78, 5) is 40.6. The Morgan fingerprint density at radius 1 is 1.08 bits per heavy atom. The van der Waals surface area contributed by atoms with Crippen molar-refractivity contribution in [2.75, 3.05) is 26.3 Å². The number of aryl methyl sites for hydroxylation is 1. The molecule has 9 nitrogen and oxygen atoms in total. The van der Waals surface area contributed by atoms with Gasteiger partial charge in [-0.25, -0.2) is 4.79 Å². The van der Waals surface area contributed by atoms with Gasteiger partial charge in [0.05, 0.1) is 19.3 Å². The van der Waals surface area contributed by atoms with Crippen molar-refractivity contribution < 1.29 is 28.9 Å². The Bertz CT molecular complexity index is 810. The Balaban J connectivity index is 2.15. The highest BCUT2D eigenvalue weighted by molar-refractivity contribution is 6.45. The second-order valence-electron chi connectivity index (χ2n) is 9.12. The highest BCUT2D eigenvalue weighted by atomic mass is 16.5. The average molecular weight is 503 g/mol. The smallest absolute Gasteiger partial charge is 0.373 e. The fourth-order valence-electron chi connectivity index (χ4n) is 4.49. The normalized spacial score (nSPS) is 16.9. The summed E-state index contributed by atoms with van der Waals surface area (Å²) in [6.07, 6.45) is 4.40. The summed E-state index contributed by atoms with van der Waals surface area (Å²) in [7, 11) is -0.596. The Morgan fingerprint density at radius 3 is 2.47 bits per heavy atom. The van der Waals surface area contributed by atoms with E-state index in [4.69, 9.17) is 9.47 Å². The molecule has 1 aromatic rings. The maximum absolute atomic E-state index is 13.7. The van der Waals surface area contributed by atoms with Crippen molar-refractivity contribution in [2.24, 2.45) is 0 Å². The van der Waals surface area contributed by atoms with E-state index >= 15 is 0 Å². The SMILES string of the molecule is CCOC(=O)C(CCc1ccccc1)NC(CCCCNB(C)O)C(=O)N1CCCC1C(=O)OCC. The van der Waals surface area contributed by atoms with E-state index in [2.05, 4.69) is 10.5 Å². The van der Waals surface area contributed by atoms with Gasteiger partial charge in [0.25, 0.3) is 0 Å². The predicted octanol–water partition coefficient (Wildman–Crippen LogP) is 1.93. The number of carbonyl (C=O) groups excluding carboxylic acids is 3. The van der Waals surface area contributed by atoms with Gasteiger partial charge < -0.3 is 24.6 Å². The van der Waals surface area contributed by atoms with Gasteiger partial charge in [-0.2, -0.15) is 0 Å². The fourth-order valence-corrected chi connectivity index (χ4v) is 4.49. The Morgan fingerprint density at radius 2 is 1.81 bits per heavy atom. The summed E-state index contributed by atoms with van der Waals surface area (Å²) in [5, 5.41) is 15.7. The number of amides is 1. The van der Waals surface area contributed by atoms with Gasteiger partial charge in [-0.15, -0.1) is 0 Å². The van der Waals surface area contributed by atoms with Gasteiger partial charge in [0.15, 0.2) is 0 Å². The van der Waals surface area contributed by atoms with Gasteiger partial charge in [0, 0.05) is 6.54 Å². The lowest BCUT2D eigenvalue weighted by molar-refractivity contribution is -0.154. The molecule has 1 aromatic carbocycles. The Kier molecular flexibility index (Phi) is 13.5. The summed E-state index contributed by atoms with van der Waals surface area (Å²) in [6.45, 7) is 6.79. The minimum atomic E-state index is -0.654.